The van der Waals surface area contributed by atoms with Gasteiger partial charge in [0.1, 0.15) is 23.8 Å². The van der Waals surface area contributed by atoms with E-state index in [1.54, 1.807) is 29.9 Å². The summed E-state index contributed by atoms with van der Waals surface area (Å²) < 4.78 is 8.55. The number of rotatable bonds is 7. The minimum absolute atomic E-state index is 0.125. The second kappa shape index (κ2) is 8.75. The van der Waals surface area contributed by atoms with E-state index in [1.807, 2.05) is 6.92 Å². The topological polar surface area (TPSA) is 115 Å². The van der Waals surface area contributed by atoms with Gasteiger partial charge in [0.25, 0.3) is 5.56 Å². The Balaban J connectivity index is 1.61. The van der Waals surface area contributed by atoms with Crippen molar-refractivity contribution in [1.29, 1.82) is 0 Å². The van der Waals surface area contributed by atoms with Crippen LogP contribution in [0.3, 0.4) is 0 Å². The smallest absolute Gasteiger partial charge is 0.342 e. The van der Waals surface area contributed by atoms with Crippen molar-refractivity contribution in [2.45, 2.75) is 45.8 Å². The number of ether oxygens (including phenoxy) is 1. The van der Waals surface area contributed by atoms with Gasteiger partial charge in [-0.25, -0.2) is 19.6 Å². The molecular formula is C21H26N6O4. The predicted molar refractivity (Wildman–Crippen MR) is 115 cm³/mol. The maximum Gasteiger partial charge on any atom is 0.342 e. The Morgan fingerprint density at radius 3 is 2.77 bits per heavy atom. The molecule has 0 bridgehead atoms. The minimum Gasteiger partial charge on any atom is -0.454 e. The molecule has 10 heteroatoms. The lowest BCUT2D eigenvalue weighted by Gasteiger charge is -2.18. The van der Waals surface area contributed by atoms with Gasteiger partial charge in [0.15, 0.2) is 11.2 Å². The number of nitrogens with one attached hydrogen (secondary N) is 1. The molecule has 1 saturated heterocycles. The highest BCUT2D eigenvalue weighted by Crippen LogP contribution is 2.23. The number of carbonyl (C=O) groups is 1. The van der Waals surface area contributed by atoms with Crippen LogP contribution in [0.15, 0.2) is 27.9 Å². The molecule has 4 rings (SSSR count). The Hall–Kier alpha value is -3.43. The number of hydrogen-bond acceptors (Lipinski definition) is 7. The Kier molecular flexibility index (Phi) is 5.88. The van der Waals surface area contributed by atoms with E-state index >= 15 is 0 Å². The Morgan fingerprint density at radius 2 is 2.03 bits per heavy atom. The summed E-state index contributed by atoms with van der Waals surface area (Å²) in [5.41, 5.74) is -0.0150. The Labute approximate surface area is 178 Å². The van der Waals surface area contributed by atoms with Crippen molar-refractivity contribution in [3.8, 4) is 0 Å². The number of unbranched alkanes of at least 4 members (excludes halogenated alkanes) is 1. The van der Waals surface area contributed by atoms with Crippen LogP contribution in [0.5, 0.6) is 0 Å². The van der Waals surface area contributed by atoms with Crippen LogP contribution >= 0.6 is 0 Å². The summed E-state index contributed by atoms with van der Waals surface area (Å²) in [6, 6.07) is 3.40. The van der Waals surface area contributed by atoms with E-state index in [9.17, 15) is 14.4 Å². The number of nitrogens with zero attached hydrogens (tertiary/aromatic N) is 5. The van der Waals surface area contributed by atoms with Gasteiger partial charge in [0, 0.05) is 32.9 Å². The first-order valence-electron chi connectivity index (χ1n) is 10.6. The molecule has 0 spiro atoms. The third kappa shape index (κ3) is 3.97. The normalized spacial score (nSPS) is 13.8. The zero-order valence-electron chi connectivity index (χ0n) is 17.8. The van der Waals surface area contributed by atoms with Crippen LogP contribution in [0.25, 0.3) is 11.2 Å². The molecule has 0 radical (unpaired) electrons. The fraction of sp³-hybridized carbons (Fsp3) is 0.476. The summed E-state index contributed by atoms with van der Waals surface area (Å²) in [7, 11) is 1.67. The van der Waals surface area contributed by atoms with E-state index < -0.39 is 17.2 Å². The molecule has 1 aliphatic rings. The van der Waals surface area contributed by atoms with E-state index in [1.165, 1.54) is 4.57 Å². The number of imidazole rings is 1. The monoisotopic (exact) mass is 426 g/mol. The predicted octanol–water partition coefficient (Wildman–Crippen LogP) is 1.58. The van der Waals surface area contributed by atoms with Crippen molar-refractivity contribution in [2.24, 2.45) is 7.05 Å². The molecule has 164 valence electrons. The second-order valence-electron chi connectivity index (χ2n) is 7.67. The van der Waals surface area contributed by atoms with Crippen LogP contribution < -0.4 is 16.1 Å². The molecule has 0 unspecified atom stereocenters. The molecule has 10 nitrogen and oxygen atoms in total. The summed E-state index contributed by atoms with van der Waals surface area (Å²) in [6.07, 6.45) is 5.48. The lowest BCUT2D eigenvalue weighted by molar-refractivity contribution is 0.0460. The van der Waals surface area contributed by atoms with Gasteiger partial charge in [0.05, 0.1) is 0 Å². The summed E-state index contributed by atoms with van der Waals surface area (Å²) >= 11 is 0. The highest BCUT2D eigenvalue weighted by molar-refractivity contribution is 5.94. The van der Waals surface area contributed by atoms with Crippen molar-refractivity contribution >= 4 is 23.0 Å². The summed E-state index contributed by atoms with van der Waals surface area (Å²) in [6.45, 7) is 4.07. The van der Waals surface area contributed by atoms with Gasteiger partial charge in [-0.2, -0.15) is 0 Å². The quantitative estimate of drug-likeness (QED) is 0.570. The average molecular weight is 426 g/mol. The van der Waals surface area contributed by atoms with Gasteiger partial charge >= 0.3 is 11.7 Å². The van der Waals surface area contributed by atoms with Crippen molar-refractivity contribution in [2.75, 3.05) is 18.0 Å². The number of pyridine rings is 1. The van der Waals surface area contributed by atoms with Gasteiger partial charge in [-0.1, -0.05) is 13.3 Å². The molecular weight excluding hydrogens is 400 g/mol. The molecule has 0 saturated carbocycles. The maximum absolute atomic E-state index is 12.8. The first kappa shape index (κ1) is 20.8. The molecule has 3 aromatic rings. The first-order valence-corrected chi connectivity index (χ1v) is 10.6. The number of fused-ring (bicyclic) bond motifs is 1. The third-order valence-electron chi connectivity index (χ3n) is 5.59. The van der Waals surface area contributed by atoms with E-state index in [-0.39, 0.29) is 12.1 Å². The number of esters is 1. The zero-order valence-corrected chi connectivity index (χ0v) is 17.8. The van der Waals surface area contributed by atoms with E-state index in [4.69, 9.17) is 4.74 Å². The highest BCUT2D eigenvalue weighted by Gasteiger charge is 2.23. The number of aromatic nitrogens is 5. The molecule has 0 aliphatic carbocycles. The lowest BCUT2D eigenvalue weighted by atomic mass is 10.2. The van der Waals surface area contributed by atoms with E-state index in [0.717, 1.165) is 38.8 Å². The van der Waals surface area contributed by atoms with Crippen LogP contribution in [0, 0.1) is 0 Å². The van der Waals surface area contributed by atoms with Gasteiger partial charge in [-0.3, -0.25) is 14.3 Å². The minimum atomic E-state index is -0.510. The molecule has 4 heterocycles. The number of H-pyrrole nitrogens is 1. The SMILES string of the molecule is CCCCn1c(=O)[nH]c(=O)c2c1nc(COC(=O)c1cccnc1N1CCCC1)n2C. The van der Waals surface area contributed by atoms with Crippen LogP contribution in [0.2, 0.25) is 0 Å². The third-order valence-corrected chi connectivity index (χ3v) is 5.59. The molecule has 1 aliphatic heterocycles. The van der Waals surface area contributed by atoms with Crippen molar-refractivity contribution in [1.82, 2.24) is 24.1 Å². The van der Waals surface area contributed by atoms with E-state index in [2.05, 4.69) is 19.9 Å². The lowest BCUT2D eigenvalue weighted by Crippen LogP contribution is -2.31. The summed E-state index contributed by atoms with van der Waals surface area (Å²) in [4.78, 5) is 50.7. The highest BCUT2D eigenvalue weighted by atomic mass is 16.5. The van der Waals surface area contributed by atoms with Crippen molar-refractivity contribution in [3.63, 3.8) is 0 Å². The van der Waals surface area contributed by atoms with Gasteiger partial charge in [-0.05, 0) is 31.4 Å². The number of anilines is 1. The summed E-state index contributed by atoms with van der Waals surface area (Å²) in [5.74, 6) is 0.510. The molecule has 0 aromatic carbocycles. The first-order chi connectivity index (χ1) is 15.0. The molecule has 0 atom stereocenters. The molecule has 1 fully saturated rings. The standard InChI is InChI=1S/C21H26N6O4/c1-3-4-12-27-18-16(19(28)24-21(27)30)25(2)15(23-18)13-31-20(29)14-8-7-9-22-17(14)26-10-5-6-11-26/h7-9H,3-6,10-13H2,1-2H3,(H,24,28,30). The van der Waals surface area contributed by atoms with Gasteiger partial charge < -0.3 is 14.2 Å². The van der Waals surface area contributed by atoms with E-state index in [0.29, 0.717) is 29.4 Å². The van der Waals surface area contributed by atoms with Crippen LogP contribution in [-0.2, 0) is 24.9 Å². The Bertz CT molecular complexity index is 1220. The number of hydrogen-bond donors (Lipinski definition) is 1. The maximum atomic E-state index is 12.8. The molecule has 31 heavy (non-hydrogen) atoms. The van der Waals surface area contributed by atoms with Crippen LogP contribution in [0.1, 0.15) is 48.8 Å². The van der Waals surface area contributed by atoms with Crippen LogP contribution in [-0.4, -0.2) is 43.1 Å². The van der Waals surface area contributed by atoms with Crippen LogP contribution in [0.4, 0.5) is 5.82 Å². The fourth-order valence-corrected chi connectivity index (χ4v) is 3.89. The molecule has 1 N–H and O–H groups in total. The Morgan fingerprint density at radius 1 is 1.26 bits per heavy atom. The average Bonchev–Trinajstić information content (AvgIpc) is 3.40. The number of carbonyl (C=O) groups excluding carboxylic acids is 1. The van der Waals surface area contributed by atoms with Crippen molar-refractivity contribution < 1.29 is 9.53 Å². The van der Waals surface area contributed by atoms with Gasteiger partial charge in [-0.15, -0.1) is 0 Å². The number of aryl methyl sites for hydroxylation is 2. The molecule has 3 aromatic heterocycles. The largest absolute Gasteiger partial charge is 0.454 e. The fourth-order valence-electron chi connectivity index (χ4n) is 3.89. The molecule has 0 amide bonds. The zero-order chi connectivity index (χ0) is 22.0. The van der Waals surface area contributed by atoms with Gasteiger partial charge in [0.2, 0.25) is 0 Å². The summed E-state index contributed by atoms with van der Waals surface area (Å²) in [5, 5.41) is 0. The number of aromatic amines is 1. The van der Waals surface area contributed by atoms with Crippen molar-refractivity contribution in [3.05, 3.63) is 50.6 Å². The second-order valence-corrected chi connectivity index (χ2v) is 7.67.